The molecule has 0 atom stereocenters. The van der Waals surface area contributed by atoms with Crippen molar-refractivity contribution in [1.82, 2.24) is 9.97 Å². The molecule has 10 heteroatoms. The summed E-state index contributed by atoms with van der Waals surface area (Å²) in [5.41, 5.74) is -1.04. The first-order chi connectivity index (χ1) is 8.00. The van der Waals surface area contributed by atoms with E-state index >= 15 is 0 Å². The molecule has 102 valence electrons. The Morgan fingerprint density at radius 2 is 1.72 bits per heavy atom. The largest absolute Gasteiger partial charge is 0.493 e. The summed E-state index contributed by atoms with van der Waals surface area (Å²) in [7, 11) is 0. The van der Waals surface area contributed by atoms with Crippen molar-refractivity contribution in [1.29, 1.82) is 0 Å². The molecule has 1 heterocycles. The number of nitrogens with one attached hydrogen (secondary N) is 1. The molecule has 0 saturated heterocycles. The van der Waals surface area contributed by atoms with Crippen LogP contribution in [0.15, 0.2) is 10.9 Å². The first kappa shape index (κ1) is 14.3. The van der Waals surface area contributed by atoms with E-state index in [9.17, 15) is 31.1 Å². The van der Waals surface area contributed by atoms with Crippen molar-refractivity contribution in [2.45, 2.75) is 18.8 Å². The molecule has 0 fully saturated rings. The summed E-state index contributed by atoms with van der Waals surface area (Å²) in [6.07, 6.45) is -12.7. The maximum Gasteiger partial charge on any atom is 0.400 e. The van der Waals surface area contributed by atoms with Crippen LogP contribution < -0.4 is 5.56 Å². The number of rotatable bonds is 2. The second kappa shape index (κ2) is 4.50. The quantitative estimate of drug-likeness (QED) is 0.809. The van der Waals surface area contributed by atoms with E-state index in [1.807, 2.05) is 0 Å². The molecule has 4 nitrogen and oxygen atoms in total. The third-order valence-electron chi connectivity index (χ3n) is 1.96. The number of nitrogens with zero attached hydrogens (tertiary/aromatic N) is 1. The van der Waals surface area contributed by atoms with Gasteiger partial charge in [-0.3, -0.25) is 4.79 Å². The van der Waals surface area contributed by atoms with E-state index in [2.05, 4.69) is 4.98 Å². The second-order valence-electron chi connectivity index (χ2n) is 3.39. The number of H-pyrrole nitrogens is 1. The van der Waals surface area contributed by atoms with E-state index in [0.717, 1.165) is 0 Å². The van der Waals surface area contributed by atoms with Gasteiger partial charge in [0.25, 0.3) is 5.56 Å². The summed E-state index contributed by atoms with van der Waals surface area (Å²) in [5.74, 6) is -5.49. The Bertz CT molecular complexity index is 464. The fourth-order valence-electron chi connectivity index (χ4n) is 1.20. The Balaban J connectivity index is 3.08. The van der Waals surface area contributed by atoms with Crippen molar-refractivity contribution in [3.05, 3.63) is 22.2 Å². The van der Waals surface area contributed by atoms with E-state index in [4.69, 9.17) is 5.11 Å². The fraction of sp³-hybridized carbons (Fsp3) is 0.500. The number of aromatic hydroxyl groups is 1. The Morgan fingerprint density at radius 1 is 1.22 bits per heavy atom. The first-order valence-corrected chi connectivity index (χ1v) is 4.43. The molecule has 1 aromatic heterocycles. The van der Waals surface area contributed by atoms with Crippen LogP contribution in [0.3, 0.4) is 0 Å². The predicted octanol–water partition coefficient (Wildman–Crippen LogP) is 1.76. The van der Waals surface area contributed by atoms with Gasteiger partial charge in [-0.15, -0.1) is 0 Å². The molecule has 0 aromatic carbocycles. The van der Waals surface area contributed by atoms with Gasteiger partial charge in [0.15, 0.2) is 5.92 Å². The molecule has 0 aliphatic rings. The predicted molar refractivity (Wildman–Crippen MR) is 45.8 cm³/mol. The second-order valence-corrected chi connectivity index (χ2v) is 3.39. The van der Waals surface area contributed by atoms with Gasteiger partial charge in [0.05, 0.1) is 6.07 Å². The van der Waals surface area contributed by atoms with E-state index in [0.29, 0.717) is 6.07 Å². The van der Waals surface area contributed by atoms with Crippen LogP contribution in [0.5, 0.6) is 5.88 Å². The first-order valence-electron chi connectivity index (χ1n) is 4.43. The molecule has 2 N–H and O–H groups in total. The van der Waals surface area contributed by atoms with Gasteiger partial charge < -0.3 is 10.1 Å². The lowest BCUT2D eigenvalue weighted by Gasteiger charge is -2.22. The summed E-state index contributed by atoms with van der Waals surface area (Å²) in [6, 6.07) is 0.527. The molecule has 0 aliphatic carbocycles. The van der Waals surface area contributed by atoms with Crippen LogP contribution >= 0.6 is 0 Å². The molecule has 1 aromatic rings. The minimum absolute atomic E-state index is 0.527. The minimum Gasteiger partial charge on any atom is -0.493 e. The van der Waals surface area contributed by atoms with Gasteiger partial charge >= 0.3 is 12.4 Å². The zero-order valence-electron chi connectivity index (χ0n) is 8.43. The summed E-state index contributed by atoms with van der Waals surface area (Å²) >= 11 is 0. The number of halogens is 6. The third-order valence-corrected chi connectivity index (χ3v) is 1.96. The van der Waals surface area contributed by atoms with E-state index < -0.39 is 42.0 Å². The lowest BCUT2D eigenvalue weighted by molar-refractivity contribution is -0.283. The van der Waals surface area contributed by atoms with Crippen molar-refractivity contribution >= 4 is 0 Å². The Labute approximate surface area is 95.3 Å². The van der Waals surface area contributed by atoms with Gasteiger partial charge in [0.2, 0.25) is 5.88 Å². The summed E-state index contributed by atoms with van der Waals surface area (Å²) < 4.78 is 73.2. The van der Waals surface area contributed by atoms with Gasteiger partial charge in [-0.2, -0.15) is 26.3 Å². The molecule has 0 bridgehead atoms. The standard InChI is InChI=1S/C8H6F6N2O2/c9-7(10,11)3(8(12,13)14)1-4-15-5(17)2-6(18)16-4/h2-3H,1H2,(H2,15,16,17,18). The number of alkyl halides is 6. The number of hydrogen-bond acceptors (Lipinski definition) is 3. The van der Waals surface area contributed by atoms with Crippen LogP contribution in [0.25, 0.3) is 0 Å². The highest BCUT2D eigenvalue weighted by molar-refractivity contribution is 5.07. The van der Waals surface area contributed by atoms with Crippen LogP contribution in [0.2, 0.25) is 0 Å². The maximum absolute atomic E-state index is 12.2. The third kappa shape index (κ3) is 3.64. The molecule has 0 unspecified atom stereocenters. The molecule has 0 spiro atoms. The van der Waals surface area contributed by atoms with Crippen molar-refractivity contribution < 1.29 is 31.4 Å². The van der Waals surface area contributed by atoms with Gasteiger partial charge in [-0.1, -0.05) is 0 Å². The van der Waals surface area contributed by atoms with Crippen molar-refractivity contribution in [3.63, 3.8) is 0 Å². The number of hydrogen-bond donors (Lipinski definition) is 2. The molecular formula is C8H6F6N2O2. The number of aromatic amines is 1. The van der Waals surface area contributed by atoms with Crippen LogP contribution in [-0.2, 0) is 6.42 Å². The molecule has 0 aliphatic heterocycles. The van der Waals surface area contributed by atoms with E-state index in [-0.39, 0.29) is 0 Å². The lowest BCUT2D eigenvalue weighted by Crippen LogP contribution is -2.38. The van der Waals surface area contributed by atoms with Crippen molar-refractivity contribution in [2.24, 2.45) is 5.92 Å². The summed E-state index contributed by atoms with van der Waals surface area (Å²) in [5, 5.41) is 8.82. The zero-order valence-corrected chi connectivity index (χ0v) is 8.43. The topological polar surface area (TPSA) is 66.0 Å². The molecular weight excluding hydrogens is 270 g/mol. The van der Waals surface area contributed by atoms with Crippen LogP contribution in [0.4, 0.5) is 26.3 Å². The van der Waals surface area contributed by atoms with E-state index in [1.54, 1.807) is 4.98 Å². The summed E-state index contributed by atoms with van der Waals surface area (Å²) in [6.45, 7) is 0. The van der Waals surface area contributed by atoms with E-state index in [1.165, 1.54) is 0 Å². The molecule has 0 amide bonds. The highest BCUT2D eigenvalue weighted by Gasteiger charge is 2.56. The van der Waals surface area contributed by atoms with Crippen molar-refractivity contribution in [3.8, 4) is 5.88 Å². The van der Waals surface area contributed by atoms with Gasteiger partial charge in [0.1, 0.15) is 5.82 Å². The average Bonchev–Trinajstić information content (AvgIpc) is 2.08. The highest BCUT2D eigenvalue weighted by atomic mass is 19.4. The average molecular weight is 276 g/mol. The van der Waals surface area contributed by atoms with Crippen LogP contribution in [-0.4, -0.2) is 27.4 Å². The van der Waals surface area contributed by atoms with Gasteiger partial charge in [0, 0.05) is 6.42 Å². The Hall–Kier alpha value is -1.74. The van der Waals surface area contributed by atoms with Crippen LogP contribution in [0.1, 0.15) is 5.82 Å². The highest BCUT2D eigenvalue weighted by Crippen LogP contribution is 2.40. The minimum atomic E-state index is -5.53. The van der Waals surface area contributed by atoms with Crippen molar-refractivity contribution in [2.75, 3.05) is 0 Å². The monoisotopic (exact) mass is 276 g/mol. The fourth-order valence-corrected chi connectivity index (χ4v) is 1.20. The molecule has 0 radical (unpaired) electrons. The van der Waals surface area contributed by atoms with Gasteiger partial charge in [-0.25, -0.2) is 4.98 Å². The Kier molecular flexibility index (Phi) is 3.58. The van der Waals surface area contributed by atoms with Crippen LogP contribution in [0, 0.1) is 5.92 Å². The molecule has 18 heavy (non-hydrogen) atoms. The normalized spacial score (nSPS) is 13.1. The SMILES string of the molecule is O=c1cc(O)nc(CC(C(F)(F)F)C(F)(F)F)[nH]1. The zero-order chi connectivity index (χ0) is 14.1. The maximum atomic E-state index is 12.2. The van der Waals surface area contributed by atoms with Gasteiger partial charge in [-0.05, 0) is 0 Å². The molecule has 1 rings (SSSR count). The smallest absolute Gasteiger partial charge is 0.400 e. The molecule has 0 saturated carbocycles. The number of aromatic nitrogens is 2. The lowest BCUT2D eigenvalue weighted by atomic mass is 10.0. The Morgan fingerprint density at radius 3 is 2.11 bits per heavy atom. The summed E-state index contributed by atoms with van der Waals surface area (Å²) in [4.78, 5) is 15.5.